The molecule has 6 heteroatoms. The molecule has 2 aliphatic rings. The van der Waals surface area contributed by atoms with E-state index in [0.29, 0.717) is 17.5 Å². The quantitative estimate of drug-likeness (QED) is 0.656. The van der Waals surface area contributed by atoms with Crippen molar-refractivity contribution >= 4 is 11.8 Å². The van der Waals surface area contributed by atoms with Crippen LogP contribution < -0.4 is 5.73 Å². The van der Waals surface area contributed by atoms with E-state index in [0.717, 1.165) is 10.8 Å². The number of nitrogens with two attached hydrogens (primary N) is 1. The normalized spacial score (nSPS) is 20.3. The Morgan fingerprint density at radius 3 is 2.41 bits per heavy atom. The van der Waals surface area contributed by atoms with Gasteiger partial charge in [-0.15, -0.1) is 5.06 Å². The molecule has 0 aromatic heterocycles. The van der Waals surface area contributed by atoms with Crippen LogP contribution in [0.25, 0.3) is 0 Å². The van der Waals surface area contributed by atoms with E-state index < -0.39 is 11.8 Å². The molecule has 6 nitrogen and oxygen atoms in total. The zero-order chi connectivity index (χ0) is 15.5. The van der Waals surface area contributed by atoms with Gasteiger partial charge in [-0.2, -0.15) is 0 Å². The van der Waals surface area contributed by atoms with Gasteiger partial charge in [0.15, 0.2) is 0 Å². The highest BCUT2D eigenvalue weighted by atomic mass is 16.7. The third-order valence-electron chi connectivity index (χ3n) is 3.48. The first-order valence-electron chi connectivity index (χ1n) is 7.03. The Hall–Kier alpha value is -2.44. The third-order valence-corrected chi connectivity index (χ3v) is 3.48. The van der Waals surface area contributed by atoms with Gasteiger partial charge in [0.1, 0.15) is 0 Å². The monoisotopic (exact) mass is 300 g/mol. The van der Waals surface area contributed by atoms with Crippen LogP contribution in [0.2, 0.25) is 0 Å². The van der Waals surface area contributed by atoms with Gasteiger partial charge in [-0.25, -0.2) is 0 Å². The lowest BCUT2D eigenvalue weighted by atomic mass is 10.1. The van der Waals surface area contributed by atoms with Crippen LogP contribution in [0.3, 0.4) is 0 Å². The van der Waals surface area contributed by atoms with E-state index in [1.165, 1.54) is 0 Å². The van der Waals surface area contributed by atoms with E-state index >= 15 is 0 Å². The minimum Gasteiger partial charge on any atom is -0.399 e. The lowest BCUT2D eigenvalue weighted by Crippen LogP contribution is -2.31. The average molecular weight is 300 g/mol. The minimum absolute atomic E-state index is 0.0573. The molecule has 22 heavy (non-hydrogen) atoms. The number of hydrogen-bond donors (Lipinski definition) is 1. The van der Waals surface area contributed by atoms with E-state index in [1.807, 2.05) is 12.2 Å². The first-order chi connectivity index (χ1) is 10.7. The molecular formula is C16H16N2O4. The van der Waals surface area contributed by atoms with Gasteiger partial charge in [0.2, 0.25) is 0 Å². The van der Waals surface area contributed by atoms with Gasteiger partial charge in [-0.05, 0) is 24.6 Å². The number of fused-ring (bicyclic) bond motifs is 1. The van der Waals surface area contributed by atoms with Crippen molar-refractivity contribution in [3.05, 3.63) is 59.3 Å². The number of carbonyl (C=O) groups is 2. The molecule has 1 unspecified atom stereocenters. The minimum atomic E-state index is -0.436. The van der Waals surface area contributed by atoms with Gasteiger partial charge in [-0.3, -0.25) is 14.4 Å². The predicted molar refractivity (Wildman–Crippen MR) is 78.7 cm³/mol. The third kappa shape index (κ3) is 2.79. The Morgan fingerprint density at radius 1 is 1.14 bits per heavy atom. The Balaban J connectivity index is 1.48. The zero-order valence-corrected chi connectivity index (χ0v) is 11.9. The van der Waals surface area contributed by atoms with Crippen LogP contribution in [0.4, 0.5) is 0 Å². The molecule has 0 fully saturated rings. The molecule has 3 rings (SSSR count). The van der Waals surface area contributed by atoms with Crippen molar-refractivity contribution in [1.82, 2.24) is 5.06 Å². The summed E-state index contributed by atoms with van der Waals surface area (Å²) in [5, 5.41) is 0.794. The second kappa shape index (κ2) is 6.13. The van der Waals surface area contributed by atoms with Gasteiger partial charge < -0.3 is 10.5 Å². The molecule has 1 aromatic rings. The summed E-state index contributed by atoms with van der Waals surface area (Å²) >= 11 is 0. The SMILES string of the molecule is NC1=CCC(OCCON2C(=O)c3ccccc3C2=O)C=C1. The van der Waals surface area contributed by atoms with E-state index in [4.69, 9.17) is 15.3 Å². The molecule has 2 amide bonds. The molecule has 1 aromatic carbocycles. The van der Waals surface area contributed by atoms with Crippen LogP contribution in [-0.4, -0.2) is 36.2 Å². The summed E-state index contributed by atoms with van der Waals surface area (Å²) in [7, 11) is 0. The summed E-state index contributed by atoms with van der Waals surface area (Å²) in [6.07, 6.45) is 6.19. The molecule has 0 saturated carbocycles. The van der Waals surface area contributed by atoms with Crippen LogP contribution in [0.15, 0.2) is 48.2 Å². The van der Waals surface area contributed by atoms with Crippen molar-refractivity contribution < 1.29 is 19.2 Å². The lowest BCUT2D eigenvalue weighted by molar-refractivity contribution is -0.109. The van der Waals surface area contributed by atoms with E-state index in [2.05, 4.69) is 0 Å². The summed E-state index contributed by atoms with van der Waals surface area (Å²) in [5.74, 6) is -0.872. The summed E-state index contributed by atoms with van der Waals surface area (Å²) < 4.78 is 5.58. The fourth-order valence-electron chi connectivity index (χ4n) is 2.35. The maximum absolute atomic E-state index is 12.0. The van der Waals surface area contributed by atoms with Crippen LogP contribution in [-0.2, 0) is 9.57 Å². The maximum Gasteiger partial charge on any atom is 0.285 e. The molecule has 1 heterocycles. The number of imide groups is 1. The van der Waals surface area contributed by atoms with Crippen LogP contribution in [0.5, 0.6) is 0 Å². The summed E-state index contributed by atoms with van der Waals surface area (Å²) in [5.41, 5.74) is 7.07. The Labute approximate surface area is 127 Å². The number of allylic oxidation sites excluding steroid dienone is 1. The topological polar surface area (TPSA) is 81.9 Å². The molecule has 114 valence electrons. The summed E-state index contributed by atoms with van der Waals surface area (Å²) in [6.45, 7) is 0.394. The number of hydroxylamine groups is 2. The summed E-state index contributed by atoms with van der Waals surface area (Å²) in [4.78, 5) is 29.4. The number of nitrogens with zero attached hydrogens (tertiary/aromatic N) is 1. The van der Waals surface area contributed by atoms with Crippen molar-refractivity contribution in [2.75, 3.05) is 13.2 Å². The first kappa shape index (κ1) is 14.5. The molecule has 0 spiro atoms. The molecule has 1 aliphatic heterocycles. The van der Waals surface area contributed by atoms with Crippen molar-refractivity contribution in [3.63, 3.8) is 0 Å². The second-order valence-corrected chi connectivity index (χ2v) is 4.99. The number of ether oxygens (including phenoxy) is 1. The molecular weight excluding hydrogens is 284 g/mol. The molecule has 1 aliphatic carbocycles. The highest BCUT2D eigenvalue weighted by Crippen LogP contribution is 2.22. The largest absolute Gasteiger partial charge is 0.399 e. The average Bonchev–Trinajstić information content (AvgIpc) is 2.78. The van der Waals surface area contributed by atoms with Crippen molar-refractivity contribution in [3.8, 4) is 0 Å². The van der Waals surface area contributed by atoms with Gasteiger partial charge in [0.25, 0.3) is 11.8 Å². The lowest BCUT2D eigenvalue weighted by Gasteiger charge is -2.17. The predicted octanol–water partition coefficient (Wildman–Crippen LogP) is 1.40. The van der Waals surface area contributed by atoms with Crippen LogP contribution >= 0.6 is 0 Å². The van der Waals surface area contributed by atoms with Crippen LogP contribution in [0, 0.1) is 0 Å². The number of amides is 2. The number of carbonyl (C=O) groups excluding carboxylic acids is 2. The number of benzene rings is 1. The number of hydrogen-bond acceptors (Lipinski definition) is 5. The Bertz CT molecular complexity index is 631. The molecule has 2 N–H and O–H groups in total. The Morgan fingerprint density at radius 2 is 1.82 bits per heavy atom. The molecule has 1 atom stereocenters. The fourth-order valence-corrected chi connectivity index (χ4v) is 2.35. The maximum atomic E-state index is 12.0. The zero-order valence-electron chi connectivity index (χ0n) is 11.9. The molecule has 0 radical (unpaired) electrons. The van der Waals surface area contributed by atoms with Crippen molar-refractivity contribution in [1.29, 1.82) is 0 Å². The fraction of sp³-hybridized carbons (Fsp3) is 0.250. The van der Waals surface area contributed by atoms with E-state index in [9.17, 15) is 9.59 Å². The Kier molecular flexibility index (Phi) is 4.04. The second-order valence-electron chi connectivity index (χ2n) is 4.99. The standard InChI is InChI=1S/C16H16N2O4/c17-11-5-7-12(8-6-11)21-9-10-22-18-15(19)13-3-1-2-4-14(13)16(18)20/h1-7,12H,8-10,17H2. The van der Waals surface area contributed by atoms with Gasteiger partial charge in [-0.1, -0.05) is 24.3 Å². The highest BCUT2D eigenvalue weighted by Gasteiger charge is 2.36. The van der Waals surface area contributed by atoms with Gasteiger partial charge >= 0.3 is 0 Å². The molecule has 0 saturated heterocycles. The van der Waals surface area contributed by atoms with Crippen molar-refractivity contribution in [2.24, 2.45) is 5.73 Å². The van der Waals surface area contributed by atoms with Crippen LogP contribution in [0.1, 0.15) is 27.1 Å². The van der Waals surface area contributed by atoms with E-state index in [-0.39, 0.29) is 19.3 Å². The smallest absolute Gasteiger partial charge is 0.285 e. The van der Waals surface area contributed by atoms with Gasteiger partial charge in [0, 0.05) is 5.70 Å². The number of rotatable bonds is 5. The summed E-state index contributed by atoms with van der Waals surface area (Å²) in [6, 6.07) is 6.65. The highest BCUT2D eigenvalue weighted by molar-refractivity contribution is 6.20. The molecule has 0 bridgehead atoms. The first-order valence-corrected chi connectivity index (χ1v) is 7.03. The van der Waals surface area contributed by atoms with Crippen molar-refractivity contribution in [2.45, 2.75) is 12.5 Å². The van der Waals surface area contributed by atoms with Gasteiger partial charge in [0.05, 0.1) is 30.4 Å². The van der Waals surface area contributed by atoms with E-state index in [1.54, 1.807) is 30.3 Å².